The summed E-state index contributed by atoms with van der Waals surface area (Å²) in [6.07, 6.45) is 1.34. The standard InChI is InChI=1S/C17H17ClO4/c1-9-7-11(18)8-10(2)13(9)14-15(20)17(22-16(14)21)5-3-12(19)4-6-17/h7-8,20H,3-6H2,1-2H3. The van der Waals surface area contributed by atoms with E-state index >= 15 is 0 Å². The average molecular weight is 321 g/mol. The Balaban J connectivity index is 2.12. The highest BCUT2D eigenvalue weighted by Crippen LogP contribution is 2.45. The van der Waals surface area contributed by atoms with Crippen LogP contribution in [0.3, 0.4) is 0 Å². The number of Topliss-reactive ketones (excluding diaryl/α,β-unsaturated/α-hetero) is 1. The number of hydrogen-bond acceptors (Lipinski definition) is 4. The lowest BCUT2D eigenvalue weighted by atomic mass is 9.81. The Labute approximate surface area is 133 Å². The molecule has 0 bridgehead atoms. The van der Waals surface area contributed by atoms with Gasteiger partial charge in [-0.3, -0.25) is 4.79 Å². The van der Waals surface area contributed by atoms with Crippen LogP contribution in [0.5, 0.6) is 0 Å². The molecule has 1 aliphatic carbocycles. The fourth-order valence-electron chi connectivity index (χ4n) is 3.40. The van der Waals surface area contributed by atoms with E-state index in [4.69, 9.17) is 16.3 Å². The molecule has 1 fully saturated rings. The molecule has 3 rings (SSSR count). The molecular weight excluding hydrogens is 304 g/mol. The predicted molar refractivity (Wildman–Crippen MR) is 82.8 cm³/mol. The smallest absolute Gasteiger partial charge is 0.343 e. The van der Waals surface area contributed by atoms with Gasteiger partial charge in [0, 0.05) is 30.7 Å². The number of esters is 1. The van der Waals surface area contributed by atoms with Crippen molar-refractivity contribution in [3.05, 3.63) is 39.6 Å². The van der Waals surface area contributed by atoms with Crippen molar-refractivity contribution < 1.29 is 19.4 Å². The lowest BCUT2D eigenvalue weighted by molar-refractivity contribution is -0.151. The van der Waals surface area contributed by atoms with Gasteiger partial charge in [0.05, 0.1) is 0 Å². The summed E-state index contributed by atoms with van der Waals surface area (Å²) in [4.78, 5) is 23.8. The maximum atomic E-state index is 12.4. The molecule has 1 aromatic rings. The van der Waals surface area contributed by atoms with E-state index in [0.29, 0.717) is 36.3 Å². The molecule has 5 heteroatoms. The fraction of sp³-hybridized carbons (Fsp3) is 0.412. The molecule has 1 heterocycles. The third-order valence-electron chi connectivity index (χ3n) is 4.52. The second-order valence-electron chi connectivity index (χ2n) is 6.06. The molecule has 22 heavy (non-hydrogen) atoms. The number of ether oxygens (including phenoxy) is 1. The van der Waals surface area contributed by atoms with Crippen LogP contribution < -0.4 is 0 Å². The Morgan fingerprint density at radius 3 is 2.23 bits per heavy atom. The zero-order chi connectivity index (χ0) is 16.1. The van der Waals surface area contributed by atoms with E-state index in [2.05, 4.69) is 0 Å². The Morgan fingerprint density at radius 2 is 1.68 bits per heavy atom. The SMILES string of the molecule is Cc1cc(Cl)cc(C)c1C1=C(O)C2(CCC(=O)CC2)OC1=O. The number of halogens is 1. The fourth-order valence-corrected chi connectivity index (χ4v) is 3.73. The van der Waals surface area contributed by atoms with Crippen molar-refractivity contribution in [2.45, 2.75) is 45.1 Å². The van der Waals surface area contributed by atoms with Crippen LogP contribution in [0.25, 0.3) is 5.57 Å². The molecule has 2 aliphatic rings. The molecule has 1 N–H and O–H groups in total. The number of aryl methyl sites for hydroxylation is 2. The van der Waals surface area contributed by atoms with Gasteiger partial charge in [-0.05, 0) is 42.7 Å². The first-order valence-corrected chi connectivity index (χ1v) is 7.68. The van der Waals surface area contributed by atoms with E-state index in [1.165, 1.54) is 0 Å². The van der Waals surface area contributed by atoms with Crippen LogP contribution in [0.1, 0.15) is 42.4 Å². The zero-order valence-corrected chi connectivity index (χ0v) is 13.3. The first kappa shape index (κ1) is 15.1. The van der Waals surface area contributed by atoms with Gasteiger partial charge in [0.15, 0.2) is 11.4 Å². The lowest BCUT2D eigenvalue weighted by Crippen LogP contribution is -2.37. The minimum Gasteiger partial charge on any atom is -0.507 e. The molecular formula is C17H17ClO4. The highest BCUT2D eigenvalue weighted by molar-refractivity contribution is 6.31. The maximum absolute atomic E-state index is 12.4. The van der Waals surface area contributed by atoms with Crippen molar-refractivity contribution in [3.63, 3.8) is 0 Å². The molecule has 0 saturated heterocycles. The lowest BCUT2D eigenvalue weighted by Gasteiger charge is -2.31. The molecule has 0 radical (unpaired) electrons. The van der Waals surface area contributed by atoms with Gasteiger partial charge in [0.2, 0.25) is 0 Å². The third kappa shape index (κ3) is 2.22. The highest BCUT2D eigenvalue weighted by atomic mass is 35.5. The van der Waals surface area contributed by atoms with E-state index in [9.17, 15) is 14.7 Å². The summed E-state index contributed by atoms with van der Waals surface area (Å²) in [5, 5.41) is 11.3. The topological polar surface area (TPSA) is 63.6 Å². The Bertz CT molecular complexity index is 684. The molecule has 1 saturated carbocycles. The van der Waals surface area contributed by atoms with E-state index in [0.717, 1.165) is 11.1 Å². The summed E-state index contributed by atoms with van der Waals surface area (Å²) in [7, 11) is 0. The van der Waals surface area contributed by atoms with Crippen LogP contribution in [-0.4, -0.2) is 22.5 Å². The van der Waals surface area contributed by atoms with Crippen LogP contribution >= 0.6 is 11.6 Å². The molecule has 1 spiro atoms. The van der Waals surface area contributed by atoms with Gasteiger partial charge in [0.1, 0.15) is 11.4 Å². The van der Waals surface area contributed by atoms with Gasteiger partial charge in [0.25, 0.3) is 0 Å². The normalized spacial score (nSPS) is 20.7. The first-order valence-electron chi connectivity index (χ1n) is 7.30. The van der Waals surface area contributed by atoms with Gasteiger partial charge in [-0.1, -0.05) is 11.6 Å². The number of rotatable bonds is 1. The summed E-state index contributed by atoms with van der Waals surface area (Å²) in [5.41, 5.74) is 1.47. The third-order valence-corrected chi connectivity index (χ3v) is 4.74. The van der Waals surface area contributed by atoms with Crippen molar-refractivity contribution in [2.24, 2.45) is 0 Å². The van der Waals surface area contributed by atoms with E-state index < -0.39 is 11.6 Å². The van der Waals surface area contributed by atoms with Crippen LogP contribution in [0, 0.1) is 13.8 Å². The second-order valence-corrected chi connectivity index (χ2v) is 6.50. The van der Waals surface area contributed by atoms with Crippen LogP contribution in [0.4, 0.5) is 0 Å². The first-order chi connectivity index (χ1) is 10.3. The number of hydrogen-bond donors (Lipinski definition) is 1. The summed E-state index contributed by atoms with van der Waals surface area (Å²) in [5.74, 6) is -0.430. The van der Waals surface area contributed by atoms with Gasteiger partial charge >= 0.3 is 5.97 Å². The molecule has 0 unspecified atom stereocenters. The van der Waals surface area contributed by atoms with Crippen molar-refractivity contribution in [1.29, 1.82) is 0 Å². The number of ketones is 1. The number of aliphatic hydroxyl groups excluding tert-OH is 1. The predicted octanol–water partition coefficient (Wildman–Crippen LogP) is 3.66. The summed E-state index contributed by atoms with van der Waals surface area (Å²) < 4.78 is 5.51. The van der Waals surface area contributed by atoms with Gasteiger partial charge in [-0.2, -0.15) is 0 Å². The Morgan fingerprint density at radius 1 is 1.14 bits per heavy atom. The summed E-state index contributed by atoms with van der Waals surface area (Å²) >= 11 is 6.03. The van der Waals surface area contributed by atoms with Gasteiger partial charge in [-0.15, -0.1) is 0 Å². The van der Waals surface area contributed by atoms with E-state index in [1.807, 2.05) is 13.8 Å². The van der Waals surface area contributed by atoms with Crippen LogP contribution in [-0.2, 0) is 14.3 Å². The van der Waals surface area contributed by atoms with Crippen molar-refractivity contribution in [2.75, 3.05) is 0 Å². The van der Waals surface area contributed by atoms with E-state index in [-0.39, 0.29) is 17.1 Å². The highest BCUT2D eigenvalue weighted by Gasteiger charge is 2.50. The van der Waals surface area contributed by atoms with Crippen molar-refractivity contribution in [1.82, 2.24) is 0 Å². The Kier molecular flexibility index (Phi) is 3.52. The quantitative estimate of drug-likeness (QED) is 0.802. The number of aliphatic hydroxyl groups is 1. The average Bonchev–Trinajstić information content (AvgIpc) is 2.66. The van der Waals surface area contributed by atoms with Crippen molar-refractivity contribution in [3.8, 4) is 0 Å². The Hall–Kier alpha value is -1.81. The molecule has 4 nitrogen and oxygen atoms in total. The molecule has 0 aromatic heterocycles. The number of carbonyl (C=O) groups excluding carboxylic acids is 2. The van der Waals surface area contributed by atoms with Crippen LogP contribution in [0.2, 0.25) is 5.02 Å². The monoisotopic (exact) mass is 320 g/mol. The number of carbonyl (C=O) groups is 2. The molecule has 1 aromatic carbocycles. The van der Waals surface area contributed by atoms with Crippen LogP contribution in [0.15, 0.2) is 17.9 Å². The minimum absolute atomic E-state index is 0.0430. The molecule has 116 valence electrons. The van der Waals surface area contributed by atoms with Crippen molar-refractivity contribution >= 4 is 28.9 Å². The van der Waals surface area contributed by atoms with Gasteiger partial charge < -0.3 is 9.84 Å². The summed E-state index contributed by atoms with van der Waals surface area (Å²) in [6, 6.07) is 3.51. The second kappa shape index (κ2) is 5.13. The zero-order valence-electron chi connectivity index (χ0n) is 12.5. The minimum atomic E-state index is -1.03. The van der Waals surface area contributed by atoms with Gasteiger partial charge in [-0.25, -0.2) is 4.79 Å². The maximum Gasteiger partial charge on any atom is 0.343 e. The number of benzene rings is 1. The van der Waals surface area contributed by atoms with E-state index in [1.54, 1.807) is 12.1 Å². The molecule has 0 amide bonds. The molecule has 0 atom stereocenters. The summed E-state index contributed by atoms with van der Waals surface area (Å²) in [6.45, 7) is 3.69. The largest absolute Gasteiger partial charge is 0.507 e. The molecule has 1 aliphatic heterocycles.